The van der Waals surface area contributed by atoms with E-state index >= 15 is 0 Å². The summed E-state index contributed by atoms with van der Waals surface area (Å²) >= 11 is 0. The molecule has 1 amide bonds. The van der Waals surface area contributed by atoms with Gasteiger partial charge in [0.2, 0.25) is 5.91 Å². The standard InChI is InChI=1S/C13H21N3O3S/c1-10-7-14-15(8-10)9-12-5-4-6-16(12)13(17)11(2)20(3,18)19/h7-8,11-12H,4-6,9H2,1-3H3. The fourth-order valence-corrected chi connectivity index (χ4v) is 3.02. The normalized spacial score (nSPS) is 21.1. The molecule has 1 aromatic heterocycles. The van der Waals surface area contributed by atoms with Crippen LogP contribution >= 0.6 is 0 Å². The van der Waals surface area contributed by atoms with Gasteiger partial charge >= 0.3 is 0 Å². The van der Waals surface area contributed by atoms with Gasteiger partial charge in [0.15, 0.2) is 9.84 Å². The molecule has 0 aromatic carbocycles. The maximum absolute atomic E-state index is 12.3. The number of rotatable bonds is 4. The van der Waals surface area contributed by atoms with Gasteiger partial charge in [0.25, 0.3) is 0 Å². The molecule has 1 aliphatic heterocycles. The first kappa shape index (κ1) is 15.0. The third kappa shape index (κ3) is 3.20. The Labute approximate surface area is 119 Å². The zero-order chi connectivity index (χ0) is 14.9. The van der Waals surface area contributed by atoms with Crippen LogP contribution in [0.2, 0.25) is 0 Å². The Morgan fingerprint density at radius 3 is 2.80 bits per heavy atom. The van der Waals surface area contributed by atoms with Crippen LogP contribution in [-0.2, 0) is 21.2 Å². The monoisotopic (exact) mass is 299 g/mol. The van der Waals surface area contributed by atoms with Crippen LogP contribution < -0.4 is 0 Å². The summed E-state index contributed by atoms with van der Waals surface area (Å²) in [5.74, 6) is -0.293. The maximum Gasteiger partial charge on any atom is 0.240 e. The van der Waals surface area contributed by atoms with E-state index in [4.69, 9.17) is 0 Å². The molecule has 112 valence electrons. The van der Waals surface area contributed by atoms with E-state index in [1.165, 1.54) is 6.92 Å². The van der Waals surface area contributed by atoms with Crippen molar-refractivity contribution in [1.82, 2.24) is 14.7 Å². The summed E-state index contributed by atoms with van der Waals surface area (Å²) in [6, 6.07) is 0.0333. The molecular formula is C13H21N3O3S. The second-order valence-corrected chi connectivity index (χ2v) is 7.91. The fourth-order valence-electron chi connectivity index (χ4n) is 2.52. The lowest BCUT2D eigenvalue weighted by Crippen LogP contribution is -2.45. The van der Waals surface area contributed by atoms with E-state index < -0.39 is 15.1 Å². The van der Waals surface area contributed by atoms with Gasteiger partial charge in [0.05, 0.1) is 18.8 Å². The molecule has 1 fully saturated rings. The molecule has 6 nitrogen and oxygen atoms in total. The highest BCUT2D eigenvalue weighted by atomic mass is 32.2. The van der Waals surface area contributed by atoms with Crippen LogP contribution in [0.3, 0.4) is 0 Å². The predicted octanol–water partition coefficient (Wildman–Crippen LogP) is 0.616. The van der Waals surface area contributed by atoms with Crippen molar-refractivity contribution in [2.45, 2.75) is 44.5 Å². The van der Waals surface area contributed by atoms with Crippen molar-refractivity contribution in [3.05, 3.63) is 18.0 Å². The third-order valence-corrected chi connectivity index (χ3v) is 5.30. The van der Waals surface area contributed by atoms with E-state index in [1.54, 1.807) is 11.1 Å². The quantitative estimate of drug-likeness (QED) is 0.817. The first-order valence-corrected chi connectivity index (χ1v) is 8.73. The van der Waals surface area contributed by atoms with Crippen molar-refractivity contribution >= 4 is 15.7 Å². The number of hydrogen-bond donors (Lipinski definition) is 0. The molecule has 1 aromatic rings. The Balaban J connectivity index is 2.09. The largest absolute Gasteiger partial charge is 0.337 e. The van der Waals surface area contributed by atoms with Crippen LogP contribution in [0.5, 0.6) is 0 Å². The Morgan fingerprint density at radius 1 is 1.55 bits per heavy atom. The molecule has 7 heteroatoms. The number of carbonyl (C=O) groups excluding carboxylic acids is 1. The molecule has 0 saturated carbocycles. The average Bonchev–Trinajstić information content (AvgIpc) is 2.96. The summed E-state index contributed by atoms with van der Waals surface area (Å²) in [6.07, 6.45) is 6.62. The lowest BCUT2D eigenvalue weighted by atomic mass is 10.2. The molecule has 0 N–H and O–H groups in total. The highest BCUT2D eigenvalue weighted by Crippen LogP contribution is 2.21. The van der Waals surface area contributed by atoms with Crippen molar-refractivity contribution < 1.29 is 13.2 Å². The molecule has 2 atom stereocenters. The van der Waals surface area contributed by atoms with Crippen molar-refractivity contribution in [2.75, 3.05) is 12.8 Å². The predicted molar refractivity (Wildman–Crippen MR) is 76.0 cm³/mol. The van der Waals surface area contributed by atoms with Crippen molar-refractivity contribution in [2.24, 2.45) is 0 Å². The van der Waals surface area contributed by atoms with Gasteiger partial charge < -0.3 is 4.90 Å². The third-order valence-electron chi connectivity index (χ3n) is 3.81. The number of nitrogens with zero attached hydrogens (tertiary/aromatic N) is 3. The van der Waals surface area contributed by atoms with E-state index in [9.17, 15) is 13.2 Å². The molecule has 2 heterocycles. The van der Waals surface area contributed by atoms with E-state index in [0.29, 0.717) is 13.1 Å². The summed E-state index contributed by atoms with van der Waals surface area (Å²) in [6.45, 7) is 4.68. The molecule has 2 unspecified atom stereocenters. The van der Waals surface area contributed by atoms with Gasteiger partial charge in [-0.2, -0.15) is 5.10 Å². The van der Waals surface area contributed by atoms with E-state index in [1.807, 2.05) is 17.8 Å². The minimum absolute atomic E-state index is 0.0333. The SMILES string of the molecule is Cc1cnn(CC2CCCN2C(=O)C(C)S(C)(=O)=O)c1. The first-order chi connectivity index (χ1) is 9.29. The highest BCUT2D eigenvalue weighted by molar-refractivity contribution is 7.92. The fraction of sp³-hybridized carbons (Fsp3) is 0.692. The number of carbonyl (C=O) groups is 1. The molecule has 2 rings (SSSR count). The second kappa shape index (κ2) is 5.55. The number of likely N-dealkylation sites (tertiary alicyclic amines) is 1. The van der Waals surface area contributed by atoms with Crippen LogP contribution in [0.15, 0.2) is 12.4 Å². The average molecular weight is 299 g/mol. The Bertz CT molecular complexity index is 594. The van der Waals surface area contributed by atoms with Gasteiger partial charge in [-0.25, -0.2) is 8.42 Å². The van der Waals surface area contributed by atoms with Crippen LogP contribution in [0.4, 0.5) is 0 Å². The molecule has 0 spiro atoms. The van der Waals surface area contributed by atoms with E-state index in [2.05, 4.69) is 5.10 Å². The minimum Gasteiger partial charge on any atom is -0.337 e. The highest BCUT2D eigenvalue weighted by Gasteiger charge is 2.35. The molecular weight excluding hydrogens is 278 g/mol. The molecule has 0 radical (unpaired) electrons. The Kier molecular flexibility index (Phi) is 4.17. The smallest absolute Gasteiger partial charge is 0.240 e. The number of aromatic nitrogens is 2. The van der Waals surface area contributed by atoms with Crippen LogP contribution in [-0.4, -0.2) is 53.1 Å². The molecule has 0 aliphatic carbocycles. The second-order valence-electron chi connectivity index (χ2n) is 5.54. The van der Waals surface area contributed by atoms with Crippen molar-refractivity contribution in [3.8, 4) is 0 Å². The summed E-state index contributed by atoms with van der Waals surface area (Å²) in [5, 5.41) is 3.26. The van der Waals surface area contributed by atoms with Gasteiger partial charge in [-0.1, -0.05) is 0 Å². The van der Waals surface area contributed by atoms with Crippen LogP contribution in [0, 0.1) is 6.92 Å². The Morgan fingerprint density at radius 2 is 2.25 bits per heavy atom. The van der Waals surface area contributed by atoms with Gasteiger partial charge in [-0.15, -0.1) is 0 Å². The van der Waals surface area contributed by atoms with Crippen LogP contribution in [0.25, 0.3) is 0 Å². The minimum atomic E-state index is -3.35. The summed E-state index contributed by atoms with van der Waals surface area (Å²) < 4.78 is 24.9. The van der Waals surface area contributed by atoms with Gasteiger partial charge in [0.1, 0.15) is 5.25 Å². The summed E-state index contributed by atoms with van der Waals surface area (Å²) in [7, 11) is -3.35. The van der Waals surface area contributed by atoms with Crippen molar-refractivity contribution in [1.29, 1.82) is 0 Å². The van der Waals surface area contributed by atoms with Gasteiger partial charge in [-0.05, 0) is 32.3 Å². The number of hydrogen-bond acceptors (Lipinski definition) is 4. The van der Waals surface area contributed by atoms with Crippen molar-refractivity contribution in [3.63, 3.8) is 0 Å². The zero-order valence-corrected chi connectivity index (χ0v) is 12.9. The van der Waals surface area contributed by atoms with Gasteiger partial charge in [-0.3, -0.25) is 9.48 Å². The van der Waals surface area contributed by atoms with Crippen LogP contribution in [0.1, 0.15) is 25.3 Å². The van der Waals surface area contributed by atoms with Gasteiger partial charge in [0, 0.05) is 19.0 Å². The summed E-state index contributed by atoms with van der Waals surface area (Å²) in [4.78, 5) is 14.0. The lowest BCUT2D eigenvalue weighted by molar-refractivity contribution is -0.131. The van der Waals surface area contributed by atoms with E-state index in [0.717, 1.165) is 24.7 Å². The molecule has 1 aliphatic rings. The maximum atomic E-state index is 12.3. The topological polar surface area (TPSA) is 72.3 Å². The van der Waals surface area contributed by atoms with E-state index in [-0.39, 0.29) is 11.9 Å². The first-order valence-electron chi connectivity index (χ1n) is 6.77. The Hall–Kier alpha value is -1.37. The number of amides is 1. The summed E-state index contributed by atoms with van der Waals surface area (Å²) in [5.41, 5.74) is 1.07. The molecule has 20 heavy (non-hydrogen) atoms. The number of aryl methyl sites for hydroxylation is 1. The lowest BCUT2D eigenvalue weighted by Gasteiger charge is -2.26. The number of sulfone groups is 1. The molecule has 1 saturated heterocycles. The molecule has 0 bridgehead atoms. The zero-order valence-electron chi connectivity index (χ0n) is 12.1.